The summed E-state index contributed by atoms with van der Waals surface area (Å²) in [5.41, 5.74) is 4.52. The summed E-state index contributed by atoms with van der Waals surface area (Å²) in [6, 6.07) is 14.0. The van der Waals surface area contributed by atoms with E-state index in [-0.39, 0.29) is 17.1 Å². The third-order valence-corrected chi connectivity index (χ3v) is 6.16. The summed E-state index contributed by atoms with van der Waals surface area (Å²) in [6.45, 7) is 10.9. The third kappa shape index (κ3) is 6.10. The molecule has 31 heavy (non-hydrogen) atoms. The van der Waals surface area contributed by atoms with Crippen molar-refractivity contribution < 1.29 is 9.53 Å². The number of thioether (sulfide) groups is 1. The van der Waals surface area contributed by atoms with E-state index in [4.69, 9.17) is 4.74 Å². The topological polar surface area (TPSA) is 69.0 Å². The smallest absolute Gasteiger partial charge is 0.234 e. The molecule has 6 nitrogen and oxygen atoms in total. The van der Waals surface area contributed by atoms with E-state index in [0.717, 1.165) is 17.0 Å². The molecule has 2 aromatic carbocycles. The van der Waals surface area contributed by atoms with Crippen LogP contribution in [0.3, 0.4) is 0 Å². The van der Waals surface area contributed by atoms with Gasteiger partial charge in [-0.25, -0.2) is 0 Å². The molecule has 1 aromatic heterocycles. The number of benzene rings is 2. The fraction of sp³-hybridized carbons (Fsp3) is 0.375. The first kappa shape index (κ1) is 22.9. The van der Waals surface area contributed by atoms with E-state index in [0.29, 0.717) is 17.6 Å². The molecule has 0 aliphatic rings. The van der Waals surface area contributed by atoms with Crippen molar-refractivity contribution >= 4 is 23.4 Å². The summed E-state index contributed by atoms with van der Waals surface area (Å²) >= 11 is 1.35. The van der Waals surface area contributed by atoms with Crippen molar-refractivity contribution in [2.75, 3.05) is 11.1 Å². The fourth-order valence-electron chi connectivity index (χ4n) is 2.94. The maximum Gasteiger partial charge on any atom is 0.234 e. The lowest BCUT2D eigenvalue weighted by atomic mass is 9.87. The first-order valence-corrected chi connectivity index (χ1v) is 11.2. The summed E-state index contributed by atoms with van der Waals surface area (Å²) < 4.78 is 7.73. The van der Waals surface area contributed by atoms with Gasteiger partial charge in [-0.2, -0.15) is 0 Å². The van der Waals surface area contributed by atoms with Crippen LogP contribution >= 0.6 is 11.8 Å². The lowest BCUT2D eigenvalue weighted by Gasteiger charge is -2.19. The molecule has 0 bridgehead atoms. The van der Waals surface area contributed by atoms with Crippen LogP contribution in [-0.2, 0) is 23.9 Å². The van der Waals surface area contributed by atoms with Crippen LogP contribution in [0.1, 0.15) is 43.3 Å². The number of hydrogen-bond acceptors (Lipinski definition) is 5. The Morgan fingerprint density at radius 1 is 1.06 bits per heavy atom. The highest BCUT2D eigenvalue weighted by molar-refractivity contribution is 7.99. The molecule has 0 aliphatic heterocycles. The molecule has 0 saturated heterocycles. The Morgan fingerprint density at radius 2 is 1.77 bits per heavy atom. The number of anilines is 1. The Kier molecular flexibility index (Phi) is 7.05. The van der Waals surface area contributed by atoms with Crippen LogP contribution in [0.5, 0.6) is 5.75 Å². The van der Waals surface area contributed by atoms with Gasteiger partial charge in [-0.05, 0) is 60.2 Å². The molecule has 0 saturated carbocycles. The molecule has 164 valence electrons. The zero-order chi connectivity index (χ0) is 22.6. The van der Waals surface area contributed by atoms with Crippen LogP contribution in [0.25, 0.3) is 0 Å². The number of amides is 1. The highest BCUT2D eigenvalue weighted by Gasteiger charge is 2.14. The van der Waals surface area contributed by atoms with E-state index in [1.54, 1.807) is 0 Å². The zero-order valence-corrected chi connectivity index (χ0v) is 19.8. The molecule has 3 rings (SSSR count). The minimum Gasteiger partial charge on any atom is -0.486 e. The number of nitrogens with zero attached hydrogens (tertiary/aromatic N) is 3. The molecule has 1 N–H and O–H groups in total. The average molecular weight is 439 g/mol. The second-order valence-corrected chi connectivity index (χ2v) is 9.60. The van der Waals surface area contributed by atoms with Crippen LogP contribution in [0.15, 0.2) is 47.6 Å². The van der Waals surface area contributed by atoms with Crippen LogP contribution < -0.4 is 10.1 Å². The lowest BCUT2D eigenvalue weighted by Crippen LogP contribution is -2.14. The van der Waals surface area contributed by atoms with Crippen LogP contribution in [-0.4, -0.2) is 26.4 Å². The number of ether oxygens (including phenoxy) is 1. The molecule has 0 unspecified atom stereocenters. The molecule has 1 heterocycles. The highest BCUT2D eigenvalue weighted by atomic mass is 32.2. The van der Waals surface area contributed by atoms with Gasteiger partial charge >= 0.3 is 0 Å². The summed E-state index contributed by atoms with van der Waals surface area (Å²) in [5.74, 6) is 1.68. The number of carbonyl (C=O) groups is 1. The van der Waals surface area contributed by atoms with E-state index in [1.165, 1.54) is 22.9 Å². The second kappa shape index (κ2) is 9.56. The Bertz CT molecular complexity index is 1050. The summed E-state index contributed by atoms with van der Waals surface area (Å²) in [7, 11) is 1.88. The van der Waals surface area contributed by atoms with Crippen molar-refractivity contribution in [3.8, 4) is 5.75 Å². The van der Waals surface area contributed by atoms with Gasteiger partial charge in [0.15, 0.2) is 11.0 Å². The minimum atomic E-state index is -0.0759. The molecule has 0 radical (unpaired) electrons. The zero-order valence-electron chi connectivity index (χ0n) is 19.0. The summed E-state index contributed by atoms with van der Waals surface area (Å²) in [4.78, 5) is 12.3. The van der Waals surface area contributed by atoms with Crippen molar-refractivity contribution in [1.82, 2.24) is 14.8 Å². The molecule has 1 amide bonds. The molecule has 0 fully saturated rings. The standard InChI is InChI=1S/C24H30N4O2S/c1-16-7-10-19(13-17(16)2)25-22(29)15-31-23-27-26-21(28(23)6)14-30-20-11-8-18(9-12-20)24(3,4)5/h7-13H,14-15H2,1-6H3,(H,25,29). The molecule has 3 aromatic rings. The Morgan fingerprint density at radius 3 is 2.42 bits per heavy atom. The van der Waals surface area contributed by atoms with E-state index in [9.17, 15) is 4.79 Å². The number of carbonyl (C=O) groups excluding carboxylic acids is 1. The van der Waals surface area contributed by atoms with Crippen molar-refractivity contribution in [1.29, 1.82) is 0 Å². The fourth-order valence-corrected chi connectivity index (χ4v) is 3.67. The van der Waals surface area contributed by atoms with E-state index < -0.39 is 0 Å². The monoisotopic (exact) mass is 438 g/mol. The van der Waals surface area contributed by atoms with Gasteiger partial charge in [0.1, 0.15) is 12.4 Å². The van der Waals surface area contributed by atoms with Crippen molar-refractivity contribution in [2.24, 2.45) is 7.05 Å². The predicted molar refractivity (Wildman–Crippen MR) is 126 cm³/mol. The maximum atomic E-state index is 12.3. The van der Waals surface area contributed by atoms with Gasteiger partial charge in [0.2, 0.25) is 5.91 Å². The first-order chi connectivity index (χ1) is 14.6. The van der Waals surface area contributed by atoms with Crippen molar-refractivity contribution in [3.63, 3.8) is 0 Å². The van der Waals surface area contributed by atoms with E-state index in [2.05, 4.69) is 48.4 Å². The molecular weight excluding hydrogens is 408 g/mol. The first-order valence-electron chi connectivity index (χ1n) is 10.2. The largest absolute Gasteiger partial charge is 0.486 e. The number of aryl methyl sites for hydroxylation is 2. The number of rotatable bonds is 7. The SMILES string of the molecule is Cc1ccc(NC(=O)CSc2nnc(COc3ccc(C(C)(C)C)cc3)n2C)cc1C. The molecule has 7 heteroatoms. The Hall–Kier alpha value is -2.80. The number of hydrogen-bond donors (Lipinski definition) is 1. The lowest BCUT2D eigenvalue weighted by molar-refractivity contribution is -0.113. The number of nitrogens with one attached hydrogen (secondary N) is 1. The second-order valence-electron chi connectivity index (χ2n) is 8.66. The summed E-state index contributed by atoms with van der Waals surface area (Å²) in [5, 5.41) is 12.0. The summed E-state index contributed by atoms with van der Waals surface area (Å²) in [6.07, 6.45) is 0. The minimum absolute atomic E-state index is 0.0759. The highest BCUT2D eigenvalue weighted by Crippen LogP contribution is 2.25. The van der Waals surface area contributed by atoms with Crippen LogP contribution in [0, 0.1) is 13.8 Å². The van der Waals surface area contributed by atoms with Crippen LogP contribution in [0.2, 0.25) is 0 Å². The van der Waals surface area contributed by atoms with Gasteiger partial charge in [-0.3, -0.25) is 4.79 Å². The van der Waals surface area contributed by atoms with E-state index >= 15 is 0 Å². The molecule has 0 spiro atoms. The van der Waals surface area contributed by atoms with Gasteiger partial charge in [0.05, 0.1) is 5.75 Å². The Balaban J connectivity index is 1.52. The van der Waals surface area contributed by atoms with Gasteiger partial charge in [-0.1, -0.05) is 50.7 Å². The van der Waals surface area contributed by atoms with Crippen molar-refractivity contribution in [2.45, 2.75) is 51.8 Å². The van der Waals surface area contributed by atoms with Gasteiger partial charge in [0, 0.05) is 12.7 Å². The van der Waals surface area contributed by atoms with Gasteiger partial charge in [-0.15, -0.1) is 10.2 Å². The van der Waals surface area contributed by atoms with Crippen molar-refractivity contribution in [3.05, 3.63) is 65.0 Å². The maximum absolute atomic E-state index is 12.3. The molecular formula is C24H30N4O2S. The predicted octanol–water partition coefficient (Wildman–Crippen LogP) is 5.04. The van der Waals surface area contributed by atoms with Gasteiger partial charge in [0.25, 0.3) is 0 Å². The van der Waals surface area contributed by atoms with Crippen LogP contribution in [0.4, 0.5) is 5.69 Å². The molecule has 0 aliphatic carbocycles. The van der Waals surface area contributed by atoms with E-state index in [1.807, 2.05) is 55.8 Å². The molecule has 0 atom stereocenters. The number of aromatic nitrogens is 3. The third-order valence-electron chi connectivity index (χ3n) is 5.14. The normalized spacial score (nSPS) is 11.4. The quantitative estimate of drug-likeness (QED) is 0.524. The van der Waals surface area contributed by atoms with Gasteiger partial charge < -0.3 is 14.6 Å². The average Bonchev–Trinajstić information content (AvgIpc) is 3.07. The Labute approximate surface area is 188 Å².